The molecule has 0 atom stereocenters. The summed E-state index contributed by atoms with van der Waals surface area (Å²) in [6, 6.07) is 0. The van der Waals surface area contributed by atoms with Gasteiger partial charge in [-0.25, -0.2) is 0 Å². The van der Waals surface area contributed by atoms with Crippen molar-refractivity contribution in [2.45, 2.75) is 12.8 Å². The molecule has 23 heavy (non-hydrogen) atoms. The molecule has 0 aliphatic carbocycles. The summed E-state index contributed by atoms with van der Waals surface area (Å²) in [5, 5.41) is 0. The van der Waals surface area contributed by atoms with Gasteiger partial charge in [-0.1, -0.05) is 0 Å². The molecule has 2 aliphatic heterocycles. The summed E-state index contributed by atoms with van der Waals surface area (Å²) in [5.41, 5.74) is 0.554. The lowest BCUT2D eigenvalue weighted by atomic mass is 9.91. The third-order valence-corrected chi connectivity index (χ3v) is 4.40. The van der Waals surface area contributed by atoms with Gasteiger partial charge < -0.3 is 27.6 Å². The Bertz CT molecular complexity index is 627. The Labute approximate surface area is 132 Å². The first kappa shape index (κ1) is 16.2. The number of hydrogen-bond acceptors (Lipinski definition) is 5. The smallest absolute Gasteiger partial charge is 0.448 e. The summed E-state index contributed by atoms with van der Waals surface area (Å²) in [6.45, 7) is -2.46. The number of rotatable bonds is 3. The molecule has 1 fully saturated rings. The van der Waals surface area contributed by atoms with Crippen LogP contribution in [0, 0.1) is 0 Å². The number of nitrogens with one attached hydrogen (secondary N) is 1. The molecule has 3 heterocycles. The molecule has 1 saturated heterocycles. The molecule has 0 spiro atoms. The van der Waals surface area contributed by atoms with Crippen molar-refractivity contribution in [3.63, 3.8) is 0 Å². The van der Waals surface area contributed by atoms with Crippen LogP contribution in [0.5, 0.6) is 0 Å². The van der Waals surface area contributed by atoms with E-state index in [9.17, 15) is 17.7 Å². The lowest BCUT2D eigenvalue weighted by Crippen LogP contribution is -2.51. The molecule has 128 valence electrons. The van der Waals surface area contributed by atoms with Gasteiger partial charge in [0.05, 0.1) is 5.56 Å². The van der Waals surface area contributed by atoms with Gasteiger partial charge in [0.1, 0.15) is 5.82 Å². The van der Waals surface area contributed by atoms with E-state index in [0.717, 1.165) is 13.0 Å². The molecule has 2 aliphatic rings. The Kier molecular flexibility index (Phi) is 4.26. The number of H-pyrrole nitrogens is 1. The summed E-state index contributed by atoms with van der Waals surface area (Å²) >= 11 is 0. The maximum absolute atomic E-state index is 12.5. The first-order chi connectivity index (χ1) is 10.8. The Morgan fingerprint density at radius 2 is 1.87 bits per heavy atom. The average molecular weight is 330 g/mol. The van der Waals surface area contributed by atoms with Crippen molar-refractivity contribution in [3.8, 4) is 0 Å². The summed E-state index contributed by atoms with van der Waals surface area (Å²) in [7, 11) is 1.90. The molecule has 0 bridgehead atoms. The highest BCUT2D eigenvalue weighted by atomic mass is 19.4. The molecule has 0 saturated carbocycles. The molecule has 1 N–H and O–H groups in total. The number of nitrogens with zero attached hydrogens (tertiary/aromatic N) is 4. The predicted octanol–water partition coefficient (Wildman–Crippen LogP) is 0.661. The van der Waals surface area contributed by atoms with Gasteiger partial charge >= 0.3 is 6.98 Å². The largest absolute Gasteiger partial charge is 0.492 e. The van der Waals surface area contributed by atoms with E-state index in [0.29, 0.717) is 49.9 Å². The lowest BCUT2D eigenvalue weighted by Gasteiger charge is -2.37. The zero-order valence-electron chi connectivity index (χ0n) is 13.1. The van der Waals surface area contributed by atoms with Crippen LogP contribution in [-0.2, 0) is 6.42 Å². The van der Waals surface area contributed by atoms with Gasteiger partial charge in [-0.15, -0.1) is 0 Å². The highest BCUT2D eigenvalue weighted by Gasteiger charge is 2.29. The minimum absolute atomic E-state index is 0.141. The fourth-order valence-corrected chi connectivity index (χ4v) is 3.20. The summed E-state index contributed by atoms with van der Waals surface area (Å²) in [5.74, 6) is 1.15. The zero-order chi connectivity index (χ0) is 16.6. The van der Waals surface area contributed by atoms with E-state index in [4.69, 9.17) is 0 Å². The lowest BCUT2D eigenvalue weighted by molar-refractivity contribution is 0.262. The molecule has 10 heteroatoms. The van der Waals surface area contributed by atoms with Crippen LogP contribution < -0.4 is 15.4 Å². The van der Waals surface area contributed by atoms with Crippen LogP contribution in [0.3, 0.4) is 0 Å². The number of hydrogen-bond donors (Lipinski definition) is 1. The van der Waals surface area contributed by atoms with Crippen molar-refractivity contribution >= 4 is 18.7 Å². The minimum atomic E-state index is -4.80. The first-order valence-corrected chi connectivity index (χ1v) is 7.86. The second-order valence-electron chi connectivity index (χ2n) is 6.21. The van der Waals surface area contributed by atoms with Crippen molar-refractivity contribution in [3.05, 3.63) is 15.9 Å². The van der Waals surface area contributed by atoms with Gasteiger partial charge in [0.25, 0.3) is 5.56 Å². The van der Waals surface area contributed by atoms with E-state index >= 15 is 0 Å². The van der Waals surface area contributed by atoms with Crippen molar-refractivity contribution in [2.75, 3.05) is 56.0 Å². The Balaban J connectivity index is 1.73. The fraction of sp³-hybridized carbons (Fsp3) is 0.692. The van der Waals surface area contributed by atoms with Gasteiger partial charge in [0.2, 0.25) is 5.95 Å². The molecule has 3 rings (SSSR count). The van der Waals surface area contributed by atoms with Crippen LogP contribution in [0.4, 0.5) is 24.7 Å². The zero-order valence-corrected chi connectivity index (χ0v) is 13.1. The van der Waals surface area contributed by atoms with E-state index in [2.05, 4.69) is 9.97 Å². The molecular weight excluding hydrogens is 310 g/mol. The Morgan fingerprint density at radius 3 is 2.52 bits per heavy atom. The van der Waals surface area contributed by atoms with Crippen LogP contribution in [0.1, 0.15) is 12.0 Å². The van der Waals surface area contributed by atoms with Crippen LogP contribution in [0.25, 0.3) is 0 Å². The topological polar surface area (TPSA) is 55.5 Å². The number of fused-ring (bicyclic) bond motifs is 1. The molecule has 1 aromatic heterocycles. The average Bonchev–Trinajstić information content (AvgIpc) is 2.47. The maximum atomic E-state index is 12.5. The number of aromatic nitrogens is 2. The number of halogens is 3. The molecule has 1 aromatic rings. The number of aromatic amines is 1. The van der Waals surface area contributed by atoms with Crippen LogP contribution in [0.2, 0.25) is 0 Å². The number of anilines is 2. The van der Waals surface area contributed by atoms with E-state index in [1.54, 1.807) is 0 Å². The third-order valence-electron chi connectivity index (χ3n) is 4.40. The van der Waals surface area contributed by atoms with E-state index in [-0.39, 0.29) is 5.56 Å². The summed E-state index contributed by atoms with van der Waals surface area (Å²) in [6.07, 6.45) is 0.805. The maximum Gasteiger partial charge on any atom is 0.492 e. The second-order valence-corrected chi connectivity index (χ2v) is 6.21. The molecule has 0 unspecified atom stereocenters. The highest BCUT2D eigenvalue weighted by molar-refractivity contribution is 6.58. The summed E-state index contributed by atoms with van der Waals surface area (Å²) in [4.78, 5) is 24.8. The van der Waals surface area contributed by atoms with E-state index < -0.39 is 13.4 Å². The summed E-state index contributed by atoms with van der Waals surface area (Å²) < 4.78 is 37.5. The Hall–Kier alpha value is -1.71. The Morgan fingerprint density at radius 1 is 1.17 bits per heavy atom. The van der Waals surface area contributed by atoms with Crippen LogP contribution in [-0.4, -0.2) is 68.1 Å². The van der Waals surface area contributed by atoms with Crippen molar-refractivity contribution < 1.29 is 12.9 Å². The number of piperazine rings is 1. The van der Waals surface area contributed by atoms with Crippen molar-refractivity contribution in [2.24, 2.45) is 0 Å². The van der Waals surface area contributed by atoms with Gasteiger partial charge in [-0.2, -0.15) is 4.98 Å². The fourth-order valence-electron chi connectivity index (χ4n) is 3.20. The van der Waals surface area contributed by atoms with E-state index in [1.165, 1.54) is 4.90 Å². The van der Waals surface area contributed by atoms with E-state index in [1.807, 2.05) is 16.8 Å². The van der Waals surface area contributed by atoms with Crippen LogP contribution in [0.15, 0.2) is 4.79 Å². The predicted molar refractivity (Wildman–Crippen MR) is 84.2 cm³/mol. The molecule has 0 amide bonds. The van der Waals surface area contributed by atoms with Crippen LogP contribution >= 0.6 is 0 Å². The monoisotopic (exact) mass is 330 g/mol. The quantitative estimate of drug-likeness (QED) is 0.826. The minimum Gasteiger partial charge on any atom is -0.448 e. The van der Waals surface area contributed by atoms with Crippen molar-refractivity contribution in [1.82, 2.24) is 14.9 Å². The normalized spacial score (nSPS) is 19.8. The van der Waals surface area contributed by atoms with Gasteiger partial charge in [0, 0.05) is 39.8 Å². The molecular formula is C13H20BF3N5O-. The van der Waals surface area contributed by atoms with Crippen molar-refractivity contribution in [1.29, 1.82) is 0 Å². The molecule has 6 nitrogen and oxygen atoms in total. The van der Waals surface area contributed by atoms with Gasteiger partial charge in [0.15, 0.2) is 0 Å². The second kappa shape index (κ2) is 6.07. The SMILES string of the molecule is CN1CCCc2c1nc(N1CCN(C[B-](F)(F)F)CC1)[nH]c2=O. The standard InChI is InChI=1S/C13H20BF3N5O/c1-20-4-2-3-10-11(20)18-13(19-12(10)23)22-7-5-21(6-8-22)9-14(15,16)17/h2-9H2,1H3,(H,18,19,23)/q-1. The first-order valence-electron chi connectivity index (χ1n) is 7.86. The van der Waals surface area contributed by atoms with Gasteiger partial charge in [-0.3, -0.25) is 9.78 Å². The van der Waals surface area contributed by atoms with Gasteiger partial charge in [-0.05, 0) is 19.3 Å². The molecule has 0 radical (unpaired) electrons. The third kappa shape index (κ3) is 3.62. The molecule has 0 aromatic carbocycles. The highest BCUT2D eigenvalue weighted by Crippen LogP contribution is 2.23.